The van der Waals surface area contributed by atoms with Crippen LogP contribution in [-0.4, -0.2) is 9.66 Å². The molecule has 2 heterocycles. The van der Waals surface area contributed by atoms with Crippen LogP contribution in [0.2, 0.25) is 0 Å². The van der Waals surface area contributed by atoms with E-state index in [2.05, 4.69) is 50.2 Å². The monoisotopic (exact) mass is 315 g/mol. The van der Waals surface area contributed by atoms with Gasteiger partial charge in [-0.3, -0.25) is 0 Å². The fourth-order valence-corrected chi connectivity index (χ4v) is 3.78. The molecule has 1 aliphatic heterocycles. The lowest BCUT2D eigenvalue weighted by atomic mass is 10.1. The molecule has 1 nitrogen and oxygen atoms in total. The topological polar surface area (TPSA) is 3.24 Å². The number of thiophene rings is 1. The largest absolute Gasteiger partial charge is 0.243 e. The molecule has 0 N–H and O–H groups in total. The Bertz CT molecular complexity index is 477. The van der Waals surface area contributed by atoms with Crippen LogP contribution in [-0.2, 0) is 13.0 Å². The van der Waals surface area contributed by atoms with Crippen LogP contribution in [0.15, 0.2) is 24.3 Å². The van der Waals surface area contributed by atoms with Crippen molar-refractivity contribution in [3.05, 3.63) is 34.7 Å². The normalized spacial score (nSPS) is 17.2. The summed E-state index contributed by atoms with van der Waals surface area (Å²) in [6.07, 6.45) is 1.22. The van der Waals surface area contributed by atoms with E-state index in [1.165, 1.54) is 23.1 Å². The molecular weight excluding hydrogens is 305 g/mol. The molecule has 72 valence electrons. The fourth-order valence-electron chi connectivity index (χ4n) is 2.00. The van der Waals surface area contributed by atoms with E-state index in [9.17, 15) is 0 Å². The fraction of sp³-hybridized carbons (Fsp3) is 0.273. The minimum absolute atomic E-state index is 1.11. The molecule has 0 atom stereocenters. The quantitative estimate of drug-likeness (QED) is 0.530. The Kier molecular flexibility index (Phi) is 2.26. The molecule has 1 aromatic heterocycles. The second kappa shape index (κ2) is 3.47. The number of nitrogens with zero attached hydrogens (tertiary/aromatic N) is 1. The standard InChI is InChI=1S/C11H10INS/c12-13-6-5-11-9(7-13)8-3-1-2-4-10(8)14-11/h1-4H,5-7H2. The SMILES string of the molecule is IN1CCc2sc3ccccc3c2C1. The summed E-state index contributed by atoms with van der Waals surface area (Å²) >= 11 is 4.39. The van der Waals surface area contributed by atoms with Gasteiger partial charge in [-0.25, -0.2) is 3.11 Å². The third-order valence-corrected chi connectivity index (χ3v) is 4.79. The van der Waals surface area contributed by atoms with Crippen LogP contribution in [0.4, 0.5) is 0 Å². The summed E-state index contributed by atoms with van der Waals surface area (Å²) in [5.74, 6) is 0. The first-order chi connectivity index (χ1) is 6.84. The molecule has 0 unspecified atom stereocenters. The van der Waals surface area contributed by atoms with Crippen LogP contribution in [0, 0.1) is 0 Å². The van der Waals surface area contributed by atoms with Gasteiger partial charge in [0.25, 0.3) is 0 Å². The molecule has 0 saturated heterocycles. The van der Waals surface area contributed by atoms with Crippen molar-refractivity contribution in [2.75, 3.05) is 6.54 Å². The molecule has 2 aromatic rings. The van der Waals surface area contributed by atoms with Gasteiger partial charge in [0.2, 0.25) is 0 Å². The molecule has 0 bridgehead atoms. The summed E-state index contributed by atoms with van der Waals surface area (Å²) in [7, 11) is 0. The molecule has 0 fully saturated rings. The third-order valence-electron chi connectivity index (χ3n) is 2.69. The zero-order valence-electron chi connectivity index (χ0n) is 7.66. The summed E-state index contributed by atoms with van der Waals surface area (Å²) in [5.41, 5.74) is 1.56. The number of halogens is 1. The summed E-state index contributed by atoms with van der Waals surface area (Å²) in [6, 6.07) is 8.75. The molecule has 0 spiro atoms. The minimum atomic E-state index is 1.11. The van der Waals surface area contributed by atoms with Gasteiger partial charge in [0.05, 0.1) is 0 Å². The van der Waals surface area contributed by atoms with E-state index < -0.39 is 0 Å². The zero-order valence-corrected chi connectivity index (χ0v) is 10.6. The Hall–Kier alpha value is -0.130. The Labute approximate surface area is 101 Å². The molecule has 0 aliphatic carbocycles. The van der Waals surface area contributed by atoms with Crippen molar-refractivity contribution in [2.24, 2.45) is 0 Å². The summed E-state index contributed by atoms with van der Waals surface area (Å²) in [6.45, 7) is 2.31. The van der Waals surface area contributed by atoms with Gasteiger partial charge in [-0.15, -0.1) is 11.3 Å². The smallest absolute Gasteiger partial charge is 0.0349 e. The van der Waals surface area contributed by atoms with Crippen molar-refractivity contribution in [2.45, 2.75) is 13.0 Å². The molecule has 0 amide bonds. The van der Waals surface area contributed by atoms with Crippen LogP contribution in [0.3, 0.4) is 0 Å². The van der Waals surface area contributed by atoms with Gasteiger partial charge in [0.15, 0.2) is 0 Å². The summed E-state index contributed by atoms with van der Waals surface area (Å²) in [5, 5.41) is 1.47. The summed E-state index contributed by atoms with van der Waals surface area (Å²) in [4.78, 5) is 1.60. The maximum Gasteiger partial charge on any atom is 0.0349 e. The maximum absolute atomic E-state index is 2.42. The van der Waals surface area contributed by atoms with E-state index in [1.54, 1.807) is 10.4 Å². The van der Waals surface area contributed by atoms with E-state index in [1.807, 2.05) is 11.3 Å². The number of benzene rings is 1. The molecule has 0 radical (unpaired) electrons. The predicted octanol–water partition coefficient (Wildman–Crippen LogP) is 3.61. The average molecular weight is 315 g/mol. The Morgan fingerprint density at radius 1 is 1.29 bits per heavy atom. The van der Waals surface area contributed by atoms with Gasteiger partial charge in [-0.1, -0.05) is 18.2 Å². The van der Waals surface area contributed by atoms with Crippen molar-refractivity contribution in [1.82, 2.24) is 3.11 Å². The Morgan fingerprint density at radius 3 is 3.07 bits per heavy atom. The van der Waals surface area contributed by atoms with Gasteiger partial charge in [-0.2, -0.15) is 0 Å². The van der Waals surface area contributed by atoms with E-state index in [0.717, 1.165) is 6.54 Å². The average Bonchev–Trinajstić information content (AvgIpc) is 2.56. The minimum Gasteiger partial charge on any atom is -0.243 e. The second-order valence-corrected chi connectivity index (χ2v) is 6.10. The van der Waals surface area contributed by atoms with Crippen molar-refractivity contribution in [1.29, 1.82) is 0 Å². The van der Waals surface area contributed by atoms with Crippen molar-refractivity contribution in [3.8, 4) is 0 Å². The van der Waals surface area contributed by atoms with Crippen LogP contribution in [0.25, 0.3) is 10.1 Å². The van der Waals surface area contributed by atoms with Crippen molar-refractivity contribution < 1.29 is 0 Å². The van der Waals surface area contributed by atoms with Crippen LogP contribution in [0.5, 0.6) is 0 Å². The third kappa shape index (κ3) is 1.38. The number of hydrogen-bond donors (Lipinski definition) is 0. The van der Waals surface area contributed by atoms with E-state index in [-0.39, 0.29) is 0 Å². The lowest BCUT2D eigenvalue weighted by molar-refractivity contribution is 0.488. The number of rotatable bonds is 0. The maximum atomic E-state index is 2.42. The van der Waals surface area contributed by atoms with Crippen LogP contribution in [0.1, 0.15) is 10.4 Å². The van der Waals surface area contributed by atoms with Gasteiger partial charge < -0.3 is 0 Å². The lowest BCUT2D eigenvalue weighted by Crippen LogP contribution is -2.19. The first-order valence-corrected chi connectivity index (χ1v) is 6.53. The van der Waals surface area contributed by atoms with Crippen molar-refractivity contribution >= 4 is 44.3 Å². The van der Waals surface area contributed by atoms with E-state index >= 15 is 0 Å². The van der Waals surface area contributed by atoms with Gasteiger partial charge in [0, 0.05) is 45.5 Å². The molecular formula is C11H10INS. The number of fused-ring (bicyclic) bond motifs is 3. The highest BCUT2D eigenvalue weighted by Gasteiger charge is 2.18. The second-order valence-electron chi connectivity index (χ2n) is 3.59. The lowest BCUT2D eigenvalue weighted by Gasteiger charge is -2.20. The molecule has 0 saturated carbocycles. The molecule has 3 heteroatoms. The van der Waals surface area contributed by atoms with Gasteiger partial charge in [-0.05, 0) is 23.4 Å². The van der Waals surface area contributed by atoms with Gasteiger partial charge in [0.1, 0.15) is 0 Å². The van der Waals surface area contributed by atoms with Crippen molar-refractivity contribution in [3.63, 3.8) is 0 Å². The molecule has 14 heavy (non-hydrogen) atoms. The molecule has 3 rings (SSSR count). The number of hydrogen-bond acceptors (Lipinski definition) is 2. The summed E-state index contributed by atoms with van der Waals surface area (Å²) < 4.78 is 3.82. The first kappa shape index (κ1) is 9.12. The van der Waals surface area contributed by atoms with E-state index in [0.29, 0.717) is 0 Å². The predicted molar refractivity (Wildman–Crippen MR) is 70.0 cm³/mol. The highest BCUT2D eigenvalue weighted by Crippen LogP contribution is 2.35. The van der Waals surface area contributed by atoms with Crippen LogP contribution < -0.4 is 0 Å². The highest BCUT2D eigenvalue weighted by molar-refractivity contribution is 14.1. The Morgan fingerprint density at radius 2 is 2.14 bits per heavy atom. The van der Waals surface area contributed by atoms with Gasteiger partial charge >= 0.3 is 0 Å². The molecule has 1 aromatic carbocycles. The highest BCUT2D eigenvalue weighted by atomic mass is 127. The Balaban J connectivity index is 2.25. The van der Waals surface area contributed by atoms with E-state index in [4.69, 9.17) is 0 Å². The zero-order chi connectivity index (χ0) is 9.54. The first-order valence-electron chi connectivity index (χ1n) is 4.74. The van der Waals surface area contributed by atoms with Crippen LogP contribution >= 0.6 is 34.2 Å². The molecule has 1 aliphatic rings.